The van der Waals surface area contributed by atoms with Gasteiger partial charge in [0, 0.05) is 41.2 Å². The van der Waals surface area contributed by atoms with Crippen molar-refractivity contribution in [3.8, 4) is 17.6 Å². The maximum absolute atomic E-state index is 15.6. The van der Waals surface area contributed by atoms with Gasteiger partial charge in [0.1, 0.15) is 11.9 Å². The Morgan fingerprint density at radius 2 is 2.18 bits per heavy atom. The van der Waals surface area contributed by atoms with E-state index in [1.165, 1.54) is 6.20 Å². The Kier molecular flexibility index (Phi) is 7.72. The van der Waals surface area contributed by atoms with Gasteiger partial charge in [0.2, 0.25) is 0 Å². The van der Waals surface area contributed by atoms with Gasteiger partial charge in [-0.3, -0.25) is 14.7 Å². The van der Waals surface area contributed by atoms with Crippen molar-refractivity contribution < 1.29 is 19.0 Å². The van der Waals surface area contributed by atoms with Crippen molar-refractivity contribution in [2.24, 2.45) is 5.41 Å². The first-order valence-corrected chi connectivity index (χ1v) is 12.5. The molecule has 0 bridgehead atoms. The van der Waals surface area contributed by atoms with Crippen LogP contribution in [0.3, 0.4) is 0 Å². The highest BCUT2D eigenvalue weighted by atomic mass is 35.5. The Hall–Kier alpha value is -2.66. The molecule has 1 N–H and O–H groups in total. The highest BCUT2D eigenvalue weighted by molar-refractivity contribution is 7.08. The number of alkyl halides is 1. The fraction of sp³-hybridized carbons (Fsp3) is 0.385. The molecule has 4 rings (SSSR count). The van der Waals surface area contributed by atoms with Gasteiger partial charge >= 0.3 is 5.97 Å². The summed E-state index contributed by atoms with van der Waals surface area (Å²) in [4.78, 5) is 18.7. The summed E-state index contributed by atoms with van der Waals surface area (Å²) in [6.07, 6.45) is 1.28. The van der Waals surface area contributed by atoms with Gasteiger partial charge in [-0.2, -0.15) is 11.3 Å². The molecule has 1 aromatic carbocycles. The summed E-state index contributed by atoms with van der Waals surface area (Å²) in [5, 5.41) is 14.8. The lowest BCUT2D eigenvalue weighted by Crippen LogP contribution is -2.44. The van der Waals surface area contributed by atoms with E-state index in [4.69, 9.17) is 16.3 Å². The SMILES string of the molecule is COc1ccc2ncc(Cl)c([C@H](F)CCC3(C(=O)O)CCN(CC#Cc4ccsc4)CC3)c2c1. The Balaban J connectivity index is 1.43. The molecule has 1 aliphatic rings. The normalized spacial score (nSPS) is 16.6. The van der Waals surface area contributed by atoms with E-state index in [-0.39, 0.29) is 17.9 Å². The number of methoxy groups -OCH3 is 1. The van der Waals surface area contributed by atoms with E-state index < -0.39 is 17.6 Å². The van der Waals surface area contributed by atoms with E-state index in [1.807, 2.05) is 16.8 Å². The first-order chi connectivity index (χ1) is 16.4. The third kappa shape index (κ3) is 5.35. The number of hydrogen-bond donors (Lipinski definition) is 1. The van der Waals surface area contributed by atoms with Crippen LogP contribution in [0, 0.1) is 17.3 Å². The monoisotopic (exact) mass is 500 g/mol. The second kappa shape index (κ2) is 10.7. The molecule has 0 radical (unpaired) electrons. The summed E-state index contributed by atoms with van der Waals surface area (Å²) in [5.74, 6) is 6.01. The topological polar surface area (TPSA) is 62.7 Å². The van der Waals surface area contributed by atoms with Gasteiger partial charge in [0.25, 0.3) is 0 Å². The van der Waals surface area contributed by atoms with Gasteiger partial charge in [0.15, 0.2) is 0 Å². The fourth-order valence-corrected chi connectivity index (χ4v) is 5.32. The van der Waals surface area contributed by atoms with Crippen LogP contribution >= 0.6 is 22.9 Å². The number of carbonyl (C=O) groups is 1. The zero-order chi connectivity index (χ0) is 24.1. The van der Waals surface area contributed by atoms with E-state index in [2.05, 4.69) is 21.7 Å². The lowest BCUT2D eigenvalue weighted by Gasteiger charge is -2.38. The number of thiophene rings is 1. The smallest absolute Gasteiger partial charge is 0.309 e. The van der Waals surface area contributed by atoms with Crippen molar-refractivity contribution in [3.63, 3.8) is 0 Å². The van der Waals surface area contributed by atoms with Crippen molar-refractivity contribution >= 4 is 39.8 Å². The molecule has 1 aliphatic heterocycles. The average Bonchev–Trinajstić information content (AvgIpc) is 3.36. The molecule has 8 heteroatoms. The minimum absolute atomic E-state index is 0.0697. The molecular weight excluding hydrogens is 475 g/mol. The second-order valence-corrected chi connectivity index (χ2v) is 9.77. The van der Waals surface area contributed by atoms with E-state index in [0.29, 0.717) is 54.7 Å². The summed E-state index contributed by atoms with van der Waals surface area (Å²) in [6, 6.07) is 7.22. The molecule has 1 fully saturated rings. The number of carboxylic acids is 1. The highest BCUT2D eigenvalue weighted by Crippen LogP contribution is 2.42. The number of likely N-dealkylation sites (tertiary alicyclic amines) is 1. The number of halogens is 2. The second-order valence-electron chi connectivity index (χ2n) is 8.58. The molecule has 2 aromatic heterocycles. The lowest BCUT2D eigenvalue weighted by molar-refractivity contribution is -0.152. The Labute approximate surface area is 207 Å². The van der Waals surface area contributed by atoms with Gasteiger partial charge in [-0.1, -0.05) is 23.4 Å². The highest BCUT2D eigenvalue weighted by Gasteiger charge is 2.41. The molecule has 178 valence electrons. The van der Waals surface area contributed by atoms with Crippen molar-refractivity contribution in [2.45, 2.75) is 31.9 Å². The number of hydrogen-bond acceptors (Lipinski definition) is 5. The van der Waals surface area contributed by atoms with Crippen LogP contribution in [-0.4, -0.2) is 47.7 Å². The molecule has 0 unspecified atom stereocenters. The average molecular weight is 501 g/mol. The molecule has 0 saturated carbocycles. The predicted octanol–water partition coefficient (Wildman–Crippen LogP) is 5.97. The number of aromatic nitrogens is 1. The lowest BCUT2D eigenvalue weighted by atomic mass is 9.74. The van der Waals surface area contributed by atoms with Crippen molar-refractivity contribution in [3.05, 3.63) is 57.4 Å². The maximum Gasteiger partial charge on any atom is 0.309 e. The molecular formula is C26H26ClFN2O3S. The number of fused-ring (bicyclic) bond motifs is 1. The number of rotatable bonds is 7. The third-order valence-corrected chi connectivity index (χ3v) is 7.57. The van der Waals surface area contributed by atoms with Crippen LogP contribution in [0.1, 0.15) is 43.0 Å². The zero-order valence-corrected chi connectivity index (χ0v) is 20.5. The Morgan fingerprint density at radius 3 is 2.85 bits per heavy atom. The Bertz CT molecular complexity index is 1210. The first-order valence-electron chi connectivity index (χ1n) is 11.1. The molecule has 3 aromatic rings. The number of pyridine rings is 1. The third-order valence-electron chi connectivity index (χ3n) is 6.58. The van der Waals surface area contributed by atoms with Crippen LogP contribution in [0.5, 0.6) is 5.75 Å². The molecule has 0 amide bonds. The van der Waals surface area contributed by atoms with Crippen LogP contribution in [0.25, 0.3) is 10.9 Å². The minimum Gasteiger partial charge on any atom is -0.497 e. The Morgan fingerprint density at radius 1 is 1.38 bits per heavy atom. The standard InChI is InChI=1S/C26H26ClFN2O3S/c1-33-19-4-5-23-20(15-19)24(21(27)16-29-23)22(28)6-8-26(25(31)32)9-12-30(13-10-26)11-2-3-18-7-14-34-17-18/h4-5,7,14-17,22H,6,8-13H2,1H3,(H,31,32)/t22-/m1/s1. The number of ether oxygens (including phenoxy) is 1. The van der Waals surface area contributed by atoms with Crippen molar-refractivity contribution in [1.82, 2.24) is 9.88 Å². The molecule has 34 heavy (non-hydrogen) atoms. The van der Waals surface area contributed by atoms with Crippen LogP contribution in [0.2, 0.25) is 5.02 Å². The van der Waals surface area contributed by atoms with Crippen LogP contribution in [0.15, 0.2) is 41.2 Å². The number of piperidine rings is 1. The van der Waals surface area contributed by atoms with Gasteiger partial charge < -0.3 is 9.84 Å². The van der Waals surface area contributed by atoms with Gasteiger partial charge in [-0.25, -0.2) is 4.39 Å². The number of benzene rings is 1. The molecule has 0 spiro atoms. The van der Waals surface area contributed by atoms with E-state index in [0.717, 1.165) is 5.56 Å². The number of nitrogens with zero attached hydrogens (tertiary/aromatic N) is 2. The molecule has 1 atom stereocenters. The van der Waals surface area contributed by atoms with Gasteiger partial charge in [0.05, 0.1) is 29.6 Å². The largest absolute Gasteiger partial charge is 0.497 e. The summed E-state index contributed by atoms with van der Waals surface area (Å²) < 4.78 is 20.8. The predicted molar refractivity (Wildman–Crippen MR) is 133 cm³/mol. The first kappa shape index (κ1) is 24.5. The van der Waals surface area contributed by atoms with Crippen LogP contribution in [-0.2, 0) is 4.79 Å². The summed E-state index contributed by atoms with van der Waals surface area (Å²) in [7, 11) is 1.54. The summed E-state index contributed by atoms with van der Waals surface area (Å²) in [5.41, 5.74) is 1.00. The van der Waals surface area contributed by atoms with Crippen LogP contribution < -0.4 is 4.74 Å². The molecule has 3 heterocycles. The number of carboxylic acid groups (broad SMARTS) is 1. The van der Waals surface area contributed by atoms with Gasteiger partial charge in [-0.05, 0) is 55.3 Å². The molecule has 1 saturated heterocycles. The van der Waals surface area contributed by atoms with E-state index in [9.17, 15) is 9.90 Å². The van der Waals surface area contributed by atoms with Gasteiger partial charge in [-0.15, -0.1) is 0 Å². The zero-order valence-electron chi connectivity index (χ0n) is 18.9. The van der Waals surface area contributed by atoms with E-state index >= 15 is 4.39 Å². The maximum atomic E-state index is 15.6. The fourth-order valence-electron chi connectivity index (χ4n) is 4.46. The molecule has 5 nitrogen and oxygen atoms in total. The number of aliphatic carboxylic acids is 1. The summed E-state index contributed by atoms with van der Waals surface area (Å²) in [6.45, 7) is 1.84. The van der Waals surface area contributed by atoms with E-state index in [1.54, 1.807) is 36.6 Å². The van der Waals surface area contributed by atoms with Crippen LogP contribution in [0.4, 0.5) is 4.39 Å². The quantitative estimate of drug-likeness (QED) is 0.405. The van der Waals surface area contributed by atoms with Crippen molar-refractivity contribution in [2.75, 3.05) is 26.7 Å². The molecule has 0 aliphatic carbocycles. The van der Waals surface area contributed by atoms with Crippen molar-refractivity contribution in [1.29, 1.82) is 0 Å². The minimum atomic E-state index is -1.41. The summed E-state index contributed by atoms with van der Waals surface area (Å²) >= 11 is 7.95.